The SMILES string of the molecule is CCNC(=NCCc1cccc(C(=O)NC)c1)NC1CC(C)(C)Oc2ccccc21.I. The maximum absolute atomic E-state index is 11.8. The second-order valence-electron chi connectivity index (χ2n) is 8.09. The van der Waals surface area contributed by atoms with Crippen molar-refractivity contribution in [1.82, 2.24) is 16.0 Å². The maximum atomic E-state index is 11.8. The van der Waals surface area contributed by atoms with E-state index in [1.165, 1.54) is 0 Å². The molecule has 6 nitrogen and oxygen atoms in total. The van der Waals surface area contributed by atoms with Gasteiger partial charge >= 0.3 is 0 Å². The van der Waals surface area contributed by atoms with Crippen LogP contribution >= 0.6 is 24.0 Å². The maximum Gasteiger partial charge on any atom is 0.251 e. The van der Waals surface area contributed by atoms with Gasteiger partial charge in [0.05, 0.1) is 6.04 Å². The largest absolute Gasteiger partial charge is 0.487 e. The molecule has 1 atom stereocenters. The van der Waals surface area contributed by atoms with E-state index in [1.807, 2.05) is 42.5 Å². The number of nitrogens with zero attached hydrogens (tertiary/aromatic N) is 1. The highest BCUT2D eigenvalue weighted by Crippen LogP contribution is 2.39. The van der Waals surface area contributed by atoms with E-state index < -0.39 is 0 Å². The van der Waals surface area contributed by atoms with Crippen LogP contribution in [0.2, 0.25) is 0 Å². The highest BCUT2D eigenvalue weighted by Gasteiger charge is 2.33. The molecule has 1 unspecified atom stereocenters. The first kappa shape index (κ1) is 25.0. The molecule has 168 valence electrons. The summed E-state index contributed by atoms with van der Waals surface area (Å²) in [5.74, 6) is 1.64. The van der Waals surface area contributed by atoms with Crippen LogP contribution in [0.3, 0.4) is 0 Å². The van der Waals surface area contributed by atoms with E-state index in [4.69, 9.17) is 9.73 Å². The minimum atomic E-state index is -0.246. The molecule has 1 aliphatic rings. The molecule has 3 rings (SSSR count). The van der Waals surface area contributed by atoms with Crippen molar-refractivity contribution in [1.29, 1.82) is 0 Å². The second-order valence-corrected chi connectivity index (χ2v) is 8.09. The zero-order valence-corrected chi connectivity index (χ0v) is 21.0. The van der Waals surface area contributed by atoms with Crippen molar-refractivity contribution in [2.45, 2.75) is 45.3 Å². The number of halogens is 1. The summed E-state index contributed by atoms with van der Waals surface area (Å²) < 4.78 is 6.14. The Labute approximate surface area is 202 Å². The molecular weight excluding hydrogens is 503 g/mol. The first-order valence-corrected chi connectivity index (χ1v) is 10.6. The molecule has 2 aromatic rings. The van der Waals surface area contributed by atoms with Gasteiger partial charge in [-0.2, -0.15) is 0 Å². The average Bonchev–Trinajstić information content (AvgIpc) is 2.72. The molecule has 2 aromatic carbocycles. The van der Waals surface area contributed by atoms with Gasteiger partial charge in [0.15, 0.2) is 5.96 Å². The summed E-state index contributed by atoms with van der Waals surface area (Å²) in [6.45, 7) is 7.70. The molecule has 3 N–H and O–H groups in total. The number of carbonyl (C=O) groups is 1. The van der Waals surface area contributed by atoms with E-state index in [-0.39, 0.29) is 41.5 Å². The molecular formula is C24H33IN4O2. The Balaban J connectivity index is 0.00000341. The first-order valence-electron chi connectivity index (χ1n) is 10.6. The average molecular weight is 536 g/mol. The first-order chi connectivity index (χ1) is 14.4. The third kappa shape index (κ3) is 6.85. The highest BCUT2D eigenvalue weighted by molar-refractivity contribution is 14.0. The number of rotatable bonds is 6. The van der Waals surface area contributed by atoms with Gasteiger partial charge in [-0.1, -0.05) is 30.3 Å². The number of aliphatic imine (C=N–C) groups is 1. The van der Waals surface area contributed by atoms with Crippen LogP contribution in [0.4, 0.5) is 0 Å². The molecule has 1 aliphatic heterocycles. The van der Waals surface area contributed by atoms with Gasteiger partial charge in [-0.15, -0.1) is 24.0 Å². The molecule has 1 heterocycles. The molecule has 0 bridgehead atoms. The summed E-state index contributed by atoms with van der Waals surface area (Å²) in [5, 5.41) is 9.60. The Morgan fingerprint density at radius 2 is 1.97 bits per heavy atom. The van der Waals surface area contributed by atoms with Crippen molar-refractivity contribution in [3.63, 3.8) is 0 Å². The van der Waals surface area contributed by atoms with E-state index in [2.05, 4.69) is 42.8 Å². The number of hydrogen-bond donors (Lipinski definition) is 3. The predicted octanol–water partition coefficient (Wildman–Crippen LogP) is 4.06. The van der Waals surface area contributed by atoms with Gasteiger partial charge in [-0.05, 0) is 51.0 Å². The number of benzene rings is 2. The third-order valence-corrected chi connectivity index (χ3v) is 5.12. The van der Waals surface area contributed by atoms with E-state index >= 15 is 0 Å². The van der Waals surface area contributed by atoms with Crippen LogP contribution in [0.1, 0.15) is 54.7 Å². The Hall–Kier alpha value is -2.29. The molecule has 0 saturated carbocycles. The number of fused-ring (bicyclic) bond motifs is 1. The van der Waals surface area contributed by atoms with Crippen LogP contribution in [0, 0.1) is 0 Å². The number of nitrogens with one attached hydrogen (secondary N) is 3. The van der Waals surface area contributed by atoms with Crippen LogP contribution in [0.25, 0.3) is 0 Å². The number of guanidine groups is 1. The highest BCUT2D eigenvalue weighted by atomic mass is 127. The molecule has 0 spiro atoms. The molecule has 7 heteroatoms. The number of amides is 1. The van der Waals surface area contributed by atoms with Crippen LogP contribution in [0.5, 0.6) is 5.75 Å². The zero-order chi connectivity index (χ0) is 21.6. The van der Waals surface area contributed by atoms with Gasteiger partial charge in [0.2, 0.25) is 0 Å². The Morgan fingerprint density at radius 1 is 1.19 bits per heavy atom. The summed E-state index contributed by atoms with van der Waals surface area (Å²) in [6, 6.07) is 16.0. The Kier molecular flexibility index (Phi) is 9.15. The molecule has 0 fully saturated rings. The minimum Gasteiger partial charge on any atom is -0.487 e. The summed E-state index contributed by atoms with van der Waals surface area (Å²) >= 11 is 0. The van der Waals surface area contributed by atoms with Crippen molar-refractivity contribution in [2.75, 3.05) is 20.1 Å². The lowest BCUT2D eigenvalue weighted by atomic mass is 9.90. The molecule has 0 saturated heterocycles. The van der Waals surface area contributed by atoms with Gasteiger partial charge in [0, 0.05) is 37.7 Å². The van der Waals surface area contributed by atoms with Crippen LogP contribution in [0.15, 0.2) is 53.5 Å². The summed E-state index contributed by atoms with van der Waals surface area (Å²) in [4.78, 5) is 16.6. The van der Waals surface area contributed by atoms with E-state index in [0.29, 0.717) is 12.1 Å². The van der Waals surface area contributed by atoms with Gasteiger partial charge in [0.1, 0.15) is 11.4 Å². The zero-order valence-electron chi connectivity index (χ0n) is 18.7. The molecule has 0 radical (unpaired) electrons. The summed E-state index contributed by atoms with van der Waals surface area (Å²) in [6.07, 6.45) is 1.61. The van der Waals surface area contributed by atoms with Gasteiger partial charge in [-0.25, -0.2) is 0 Å². The number of carbonyl (C=O) groups excluding carboxylic acids is 1. The Morgan fingerprint density at radius 3 is 2.71 bits per heavy atom. The van der Waals surface area contributed by atoms with Crippen molar-refractivity contribution < 1.29 is 9.53 Å². The minimum absolute atomic E-state index is 0. The quantitative estimate of drug-likeness (QED) is 0.296. The van der Waals surface area contributed by atoms with E-state index in [1.54, 1.807) is 7.05 Å². The number of ether oxygens (including phenoxy) is 1. The second kappa shape index (κ2) is 11.4. The van der Waals surface area contributed by atoms with E-state index in [9.17, 15) is 4.79 Å². The van der Waals surface area contributed by atoms with Crippen molar-refractivity contribution in [2.24, 2.45) is 4.99 Å². The lowest BCUT2D eigenvalue weighted by molar-refractivity contribution is 0.0694. The summed E-state index contributed by atoms with van der Waals surface area (Å²) in [7, 11) is 1.64. The topological polar surface area (TPSA) is 74.8 Å². The van der Waals surface area contributed by atoms with Crippen molar-refractivity contribution in [3.8, 4) is 5.75 Å². The van der Waals surface area contributed by atoms with Crippen LogP contribution < -0.4 is 20.7 Å². The molecule has 31 heavy (non-hydrogen) atoms. The number of hydrogen-bond acceptors (Lipinski definition) is 3. The van der Waals surface area contributed by atoms with Gasteiger partial charge in [0.25, 0.3) is 5.91 Å². The normalized spacial score (nSPS) is 16.9. The standard InChI is InChI=1S/C24H32N4O2.HI/c1-5-26-23(27-14-13-17-9-8-10-18(15-17)22(29)25-4)28-20-16-24(2,3)30-21-12-7-6-11-19(20)21;/h6-12,15,20H,5,13-14,16H2,1-4H3,(H,25,29)(H2,26,27,28);1H. The van der Waals surface area contributed by atoms with Crippen LogP contribution in [-0.4, -0.2) is 37.6 Å². The molecule has 0 aliphatic carbocycles. The summed E-state index contributed by atoms with van der Waals surface area (Å²) in [5.41, 5.74) is 2.67. The predicted molar refractivity (Wildman–Crippen MR) is 137 cm³/mol. The smallest absolute Gasteiger partial charge is 0.251 e. The van der Waals surface area contributed by atoms with Gasteiger partial charge in [-0.3, -0.25) is 9.79 Å². The number of para-hydroxylation sites is 1. The molecule has 0 aromatic heterocycles. The van der Waals surface area contributed by atoms with E-state index in [0.717, 1.165) is 42.2 Å². The van der Waals surface area contributed by atoms with Crippen molar-refractivity contribution >= 4 is 35.8 Å². The Bertz CT molecular complexity index is 914. The lowest BCUT2D eigenvalue weighted by Gasteiger charge is -2.38. The molecule has 1 amide bonds. The lowest BCUT2D eigenvalue weighted by Crippen LogP contribution is -2.45. The van der Waals surface area contributed by atoms with Crippen molar-refractivity contribution in [3.05, 3.63) is 65.2 Å². The van der Waals surface area contributed by atoms with Crippen LogP contribution in [-0.2, 0) is 6.42 Å². The fourth-order valence-electron chi connectivity index (χ4n) is 3.73. The third-order valence-electron chi connectivity index (χ3n) is 5.12. The fraction of sp³-hybridized carbons (Fsp3) is 0.417. The monoisotopic (exact) mass is 536 g/mol. The fourth-order valence-corrected chi connectivity index (χ4v) is 3.73. The van der Waals surface area contributed by atoms with Gasteiger partial charge < -0.3 is 20.7 Å².